The summed E-state index contributed by atoms with van der Waals surface area (Å²) >= 11 is 0. The van der Waals surface area contributed by atoms with Gasteiger partial charge < -0.3 is 20.1 Å². The van der Waals surface area contributed by atoms with Crippen LogP contribution >= 0.6 is 0 Å². The molecule has 0 spiro atoms. The second-order valence-corrected chi connectivity index (χ2v) is 8.90. The van der Waals surface area contributed by atoms with E-state index in [1.165, 1.54) is 17.0 Å². The Hall–Kier alpha value is -4.65. The number of rotatable bonds is 6. The van der Waals surface area contributed by atoms with Crippen LogP contribution in [-0.2, 0) is 16.0 Å². The van der Waals surface area contributed by atoms with E-state index in [-0.39, 0.29) is 23.4 Å². The van der Waals surface area contributed by atoms with Crippen molar-refractivity contribution in [1.29, 1.82) is 0 Å². The molecule has 0 saturated carbocycles. The first kappa shape index (κ1) is 23.1. The van der Waals surface area contributed by atoms with Gasteiger partial charge in [0.2, 0.25) is 0 Å². The first-order chi connectivity index (χ1) is 17.3. The molecule has 1 atom stereocenters. The molecular formula is C29H24N2O5. The van der Waals surface area contributed by atoms with Gasteiger partial charge in [0.05, 0.1) is 17.2 Å². The third kappa shape index (κ3) is 4.05. The number of nitrogens with zero attached hydrogens (tertiary/aromatic N) is 1. The third-order valence-corrected chi connectivity index (χ3v) is 6.61. The Morgan fingerprint density at radius 3 is 2.36 bits per heavy atom. The number of hydrogen-bond donors (Lipinski definition) is 3. The molecule has 1 aliphatic heterocycles. The van der Waals surface area contributed by atoms with Crippen molar-refractivity contribution in [1.82, 2.24) is 9.88 Å². The number of aryl methyl sites for hydroxylation is 1. The molecule has 7 nitrogen and oxygen atoms in total. The summed E-state index contributed by atoms with van der Waals surface area (Å²) in [4.78, 5) is 42.5. The molecule has 4 aromatic rings. The molecule has 3 N–H and O–H groups in total. The standard InChI is InChI=1S/C29H24N2O5/c1-17-7-12-22-21(16-30-23(22)15-17)13-14-31-25(18-8-10-20(11-9-18)29(35)36)24(27(33)28(31)34)26(32)19-5-3-2-4-6-19/h2-12,15-16,25,30,32H,13-14H2,1H3,(H,35,36)/b26-24+. The van der Waals surface area contributed by atoms with Crippen LogP contribution in [0.25, 0.3) is 16.7 Å². The van der Waals surface area contributed by atoms with Gasteiger partial charge in [-0.3, -0.25) is 9.59 Å². The normalized spacial score (nSPS) is 17.1. The smallest absolute Gasteiger partial charge is 0.335 e. The molecule has 0 aliphatic carbocycles. The number of hydrogen-bond acceptors (Lipinski definition) is 4. The lowest BCUT2D eigenvalue weighted by Crippen LogP contribution is -2.31. The summed E-state index contributed by atoms with van der Waals surface area (Å²) in [5.74, 6) is -2.80. The molecule has 180 valence electrons. The number of likely N-dealkylation sites (tertiary alicyclic amines) is 1. The van der Waals surface area contributed by atoms with Crippen molar-refractivity contribution < 1.29 is 24.6 Å². The molecule has 7 heteroatoms. The second kappa shape index (κ2) is 9.19. The SMILES string of the molecule is Cc1ccc2c(CCN3C(=O)C(=O)/C(=C(/O)c4ccccc4)C3c3ccc(C(=O)O)cc3)c[nH]c2c1. The lowest BCUT2D eigenvalue weighted by Gasteiger charge is -2.25. The van der Waals surface area contributed by atoms with Crippen LogP contribution in [0.1, 0.15) is 38.7 Å². The molecule has 0 bridgehead atoms. The second-order valence-electron chi connectivity index (χ2n) is 8.90. The Kier molecular flexibility index (Phi) is 5.90. The maximum atomic E-state index is 13.2. The maximum absolute atomic E-state index is 13.2. The van der Waals surface area contributed by atoms with Crippen LogP contribution in [0.5, 0.6) is 0 Å². The predicted molar refractivity (Wildman–Crippen MR) is 136 cm³/mol. The molecule has 3 aromatic carbocycles. The van der Waals surface area contributed by atoms with E-state index in [1.54, 1.807) is 42.5 Å². The zero-order valence-corrected chi connectivity index (χ0v) is 19.6. The molecular weight excluding hydrogens is 456 g/mol. The fourth-order valence-corrected chi connectivity index (χ4v) is 4.76. The molecule has 2 heterocycles. The van der Waals surface area contributed by atoms with Gasteiger partial charge in [-0.2, -0.15) is 0 Å². The minimum atomic E-state index is -1.07. The number of aromatic carboxylic acids is 1. The quantitative estimate of drug-likeness (QED) is 0.208. The molecule has 1 unspecified atom stereocenters. The Balaban J connectivity index is 1.56. The van der Waals surface area contributed by atoms with Crippen molar-refractivity contribution in [2.45, 2.75) is 19.4 Å². The van der Waals surface area contributed by atoms with Crippen LogP contribution in [0.15, 0.2) is 84.6 Å². The number of ketones is 1. The lowest BCUT2D eigenvalue weighted by molar-refractivity contribution is -0.139. The molecule has 1 aliphatic rings. The highest BCUT2D eigenvalue weighted by Gasteiger charge is 2.45. The number of fused-ring (bicyclic) bond motifs is 1. The van der Waals surface area contributed by atoms with E-state index in [4.69, 9.17) is 0 Å². The number of nitrogens with one attached hydrogen (secondary N) is 1. The zero-order chi connectivity index (χ0) is 25.4. The van der Waals surface area contributed by atoms with E-state index in [0.29, 0.717) is 17.5 Å². The number of aromatic nitrogens is 1. The van der Waals surface area contributed by atoms with Crippen LogP contribution in [-0.4, -0.2) is 44.3 Å². The average molecular weight is 481 g/mol. The summed E-state index contributed by atoms with van der Waals surface area (Å²) in [5, 5.41) is 21.4. The third-order valence-electron chi connectivity index (χ3n) is 6.61. The van der Waals surface area contributed by atoms with E-state index < -0.39 is 23.7 Å². The monoisotopic (exact) mass is 480 g/mol. The van der Waals surface area contributed by atoms with Gasteiger partial charge in [-0.1, -0.05) is 54.6 Å². The molecule has 5 rings (SSSR count). The van der Waals surface area contributed by atoms with Crippen molar-refractivity contribution in [3.8, 4) is 0 Å². The van der Waals surface area contributed by atoms with E-state index in [2.05, 4.69) is 11.1 Å². The Labute approximate surface area is 207 Å². The summed E-state index contributed by atoms with van der Waals surface area (Å²) < 4.78 is 0. The van der Waals surface area contributed by atoms with E-state index in [1.807, 2.05) is 25.3 Å². The fourth-order valence-electron chi connectivity index (χ4n) is 4.76. The van der Waals surface area contributed by atoms with Crippen LogP contribution in [0, 0.1) is 6.92 Å². The summed E-state index contributed by atoms with van der Waals surface area (Å²) in [5.41, 5.74) is 4.19. The van der Waals surface area contributed by atoms with Gasteiger partial charge in [0.15, 0.2) is 0 Å². The number of aliphatic hydroxyl groups is 1. The first-order valence-electron chi connectivity index (χ1n) is 11.6. The van der Waals surface area contributed by atoms with Crippen LogP contribution in [0.2, 0.25) is 0 Å². The van der Waals surface area contributed by atoms with E-state index >= 15 is 0 Å². The minimum absolute atomic E-state index is 0.0103. The highest BCUT2D eigenvalue weighted by Crippen LogP contribution is 2.39. The van der Waals surface area contributed by atoms with Gasteiger partial charge >= 0.3 is 5.97 Å². The van der Waals surface area contributed by atoms with Gasteiger partial charge in [0.1, 0.15) is 5.76 Å². The van der Waals surface area contributed by atoms with E-state index in [0.717, 1.165) is 22.0 Å². The number of carboxylic acids is 1. The van der Waals surface area contributed by atoms with Crippen LogP contribution < -0.4 is 0 Å². The van der Waals surface area contributed by atoms with Gasteiger partial charge in [-0.25, -0.2) is 4.79 Å². The molecule has 1 amide bonds. The summed E-state index contributed by atoms with van der Waals surface area (Å²) in [6.45, 7) is 2.25. The first-order valence-corrected chi connectivity index (χ1v) is 11.6. The summed E-state index contributed by atoms with van der Waals surface area (Å²) in [7, 11) is 0. The number of benzene rings is 3. The molecule has 1 fully saturated rings. The zero-order valence-electron chi connectivity index (χ0n) is 19.6. The van der Waals surface area contributed by atoms with Crippen molar-refractivity contribution in [2.24, 2.45) is 0 Å². The van der Waals surface area contributed by atoms with Crippen molar-refractivity contribution in [2.75, 3.05) is 6.54 Å². The van der Waals surface area contributed by atoms with Gasteiger partial charge in [-0.05, 0) is 48.2 Å². The van der Waals surface area contributed by atoms with Gasteiger partial charge in [-0.15, -0.1) is 0 Å². The summed E-state index contributed by atoms with van der Waals surface area (Å²) in [6, 6.07) is 19.9. The van der Waals surface area contributed by atoms with Crippen molar-refractivity contribution >= 4 is 34.3 Å². The molecule has 1 saturated heterocycles. The highest BCUT2D eigenvalue weighted by atomic mass is 16.4. The van der Waals surface area contributed by atoms with Crippen molar-refractivity contribution in [3.05, 3.63) is 112 Å². The Morgan fingerprint density at radius 2 is 1.67 bits per heavy atom. The fraction of sp³-hybridized carbons (Fsp3) is 0.138. The van der Waals surface area contributed by atoms with E-state index in [9.17, 15) is 24.6 Å². The molecule has 0 radical (unpaired) electrons. The number of aromatic amines is 1. The average Bonchev–Trinajstić information content (AvgIpc) is 3.40. The number of H-pyrrole nitrogens is 1. The van der Waals surface area contributed by atoms with Gasteiger partial charge in [0, 0.05) is 29.2 Å². The molecule has 36 heavy (non-hydrogen) atoms. The number of carboxylic acid groups (broad SMARTS) is 1. The van der Waals surface area contributed by atoms with Crippen molar-refractivity contribution in [3.63, 3.8) is 0 Å². The predicted octanol–water partition coefficient (Wildman–Crippen LogP) is 4.84. The Morgan fingerprint density at radius 1 is 0.944 bits per heavy atom. The van der Waals surface area contributed by atoms with Crippen LogP contribution in [0.4, 0.5) is 0 Å². The van der Waals surface area contributed by atoms with Gasteiger partial charge in [0.25, 0.3) is 11.7 Å². The maximum Gasteiger partial charge on any atom is 0.335 e. The minimum Gasteiger partial charge on any atom is -0.507 e. The summed E-state index contributed by atoms with van der Waals surface area (Å²) in [6.07, 6.45) is 2.40. The lowest BCUT2D eigenvalue weighted by atomic mass is 9.94. The number of amides is 1. The number of aliphatic hydroxyl groups excluding tert-OH is 1. The molecule has 1 aromatic heterocycles. The number of Topliss-reactive ketones (excluding diaryl/α,β-unsaturated/α-hetero) is 1. The Bertz CT molecular complexity index is 1520. The largest absolute Gasteiger partial charge is 0.507 e. The van der Waals surface area contributed by atoms with Crippen LogP contribution in [0.3, 0.4) is 0 Å². The number of carbonyl (C=O) groups is 3. The topological polar surface area (TPSA) is 111 Å². The highest BCUT2D eigenvalue weighted by molar-refractivity contribution is 6.46. The number of carbonyl (C=O) groups excluding carboxylic acids is 2.